The van der Waals surface area contributed by atoms with Crippen LogP contribution in [0.25, 0.3) is 0 Å². The number of benzene rings is 1. The summed E-state index contributed by atoms with van der Waals surface area (Å²) >= 11 is 0. The monoisotopic (exact) mass is 177 g/mol. The van der Waals surface area contributed by atoms with Crippen LogP contribution < -0.4 is 5.73 Å². The lowest BCUT2D eigenvalue weighted by Gasteiger charge is -2.04. The largest absolute Gasteiger partial charge is 0.330 e. The molecule has 0 saturated heterocycles. The summed E-state index contributed by atoms with van der Waals surface area (Å²) in [5.41, 5.74) is 7.28. The first-order chi connectivity index (χ1) is 6.29. The Labute approximate surface area is 78.8 Å². The van der Waals surface area contributed by atoms with Crippen LogP contribution >= 0.6 is 0 Å². The summed E-state index contributed by atoms with van der Waals surface area (Å²) in [5.74, 6) is 0.153. The minimum atomic E-state index is 0.153. The molecule has 2 nitrogen and oxygen atoms in total. The Kier molecular flexibility index (Phi) is 3.65. The van der Waals surface area contributed by atoms with Crippen LogP contribution in [0.3, 0.4) is 0 Å². The fourth-order valence-corrected chi connectivity index (χ4v) is 1.37. The maximum absolute atomic E-state index is 11.5. The van der Waals surface area contributed by atoms with Gasteiger partial charge < -0.3 is 5.73 Å². The Hall–Kier alpha value is -1.15. The van der Waals surface area contributed by atoms with Crippen molar-refractivity contribution in [3.8, 4) is 0 Å². The molecule has 2 N–H and O–H groups in total. The second kappa shape index (κ2) is 4.77. The van der Waals surface area contributed by atoms with Crippen LogP contribution in [0, 0.1) is 0 Å². The van der Waals surface area contributed by atoms with Crippen LogP contribution in [0.4, 0.5) is 0 Å². The van der Waals surface area contributed by atoms with Gasteiger partial charge in [-0.15, -0.1) is 0 Å². The molecule has 0 saturated carbocycles. The second-order valence-corrected chi connectivity index (χ2v) is 2.97. The molecule has 0 radical (unpaired) electrons. The van der Waals surface area contributed by atoms with E-state index in [2.05, 4.69) is 6.92 Å². The van der Waals surface area contributed by atoms with Crippen LogP contribution in [0.5, 0.6) is 0 Å². The molecular formula is C11H15NO. The zero-order valence-corrected chi connectivity index (χ0v) is 7.92. The number of carbonyl (C=O) groups excluding carboxylic acids is 1. The van der Waals surface area contributed by atoms with E-state index in [0.717, 1.165) is 17.5 Å². The van der Waals surface area contributed by atoms with Crippen molar-refractivity contribution in [3.63, 3.8) is 0 Å². The molecule has 0 amide bonds. The molecule has 0 spiro atoms. The molecule has 0 atom stereocenters. The van der Waals surface area contributed by atoms with Crippen molar-refractivity contribution in [1.82, 2.24) is 0 Å². The second-order valence-electron chi connectivity index (χ2n) is 2.97. The highest BCUT2D eigenvalue weighted by Gasteiger charge is 2.07. The summed E-state index contributed by atoms with van der Waals surface area (Å²) in [5, 5.41) is 0. The molecule has 13 heavy (non-hydrogen) atoms. The van der Waals surface area contributed by atoms with E-state index < -0.39 is 0 Å². The maximum atomic E-state index is 11.5. The topological polar surface area (TPSA) is 43.1 Å². The highest BCUT2D eigenvalue weighted by molar-refractivity contribution is 5.97. The van der Waals surface area contributed by atoms with Gasteiger partial charge in [0.2, 0.25) is 0 Å². The highest BCUT2D eigenvalue weighted by atomic mass is 16.1. The van der Waals surface area contributed by atoms with Gasteiger partial charge in [-0.1, -0.05) is 31.2 Å². The van der Waals surface area contributed by atoms with Gasteiger partial charge in [-0.05, 0) is 18.5 Å². The van der Waals surface area contributed by atoms with Crippen molar-refractivity contribution in [2.45, 2.75) is 19.8 Å². The molecule has 1 rings (SSSR count). The van der Waals surface area contributed by atoms with Gasteiger partial charge in [0.05, 0.1) is 0 Å². The number of rotatable bonds is 4. The number of aryl methyl sites for hydroxylation is 1. The van der Waals surface area contributed by atoms with Crippen molar-refractivity contribution < 1.29 is 4.79 Å². The minimum Gasteiger partial charge on any atom is -0.330 e. The number of ketones is 1. The lowest BCUT2D eigenvalue weighted by molar-refractivity contribution is 0.0984. The molecule has 1 aromatic rings. The molecule has 0 aliphatic carbocycles. The molecule has 0 aromatic heterocycles. The average molecular weight is 177 g/mol. The SMILES string of the molecule is CCc1ccccc1C(=O)CCN. The maximum Gasteiger partial charge on any atom is 0.164 e. The Morgan fingerprint density at radius 1 is 1.38 bits per heavy atom. The predicted octanol–water partition coefficient (Wildman–Crippen LogP) is 1.78. The smallest absolute Gasteiger partial charge is 0.164 e. The van der Waals surface area contributed by atoms with Crippen molar-refractivity contribution in [1.29, 1.82) is 0 Å². The molecule has 0 fully saturated rings. The number of hydrogen-bond donors (Lipinski definition) is 1. The lowest BCUT2D eigenvalue weighted by Crippen LogP contribution is -2.09. The van der Waals surface area contributed by atoms with Gasteiger partial charge >= 0.3 is 0 Å². The zero-order valence-electron chi connectivity index (χ0n) is 7.92. The first kappa shape index (κ1) is 9.93. The van der Waals surface area contributed by atoms with Crippen LogP contribution in [0.15, 0.2) is 24.3 Å². The quantitative estimate of drug-likeness (QED) is 0.712. The zero-order chi connectivity index (χ0) is 9.68. The summed E-state index contributed by atoms with van der Waals surface area (Å²) in [4.78, 5) is 11.5. The van der Waals surface area contributed by atoms with Gasteiger partial charge in [0.15, 0.2) is 5.78 Å². The van der Waals surface area contributed by atoms with E-state index in [-0.39, 0.29) is 5.78 Å². The number of hydrogen-bond acceptors (Lipinski definition) is 2. The van der Waals surface area contributed by atoms with Crippen molar-refractivity contribution in [3.05, 3.63) is 35.4 Å². The van der Waals surface area contributed by atoms with Gasteiger partial charge in [-0.2, -0.15) is 0 Å². The van der Waals surface area contributed by atoms with Gasteiger partial charge in [-0.25, -0.2) is 0 Å². The van der Waals surface area contributed by atoms with E-state index in [0.29, 0.717) is 13.0 Å². The summed E-state index contributed by atoms with van der Waals surface area (Å²) in [7, 11) is 0. The summed E-state index contributed by atoms with van der Waals surface area (Å²) in [6.07, 6.45) is 1.34. The average Bonchev–Trinajstić information content (AvgIpc) is 2.18. The van der Waals surface area contributed by atoms with E-state index in [1.807, 2.05) is 24.3 Å². The van der Waals surface area contributed by atoms with Gasteiger partial charge in [-0.3, -0.25) is 4.79 Å². The fourth-order valence-electron chi connectivity index (χ4n) is 1.37. The Morgan fingerprint density at radius 3 is 2.69 bits per heavy atom. The van der Waals surface area contributed by atoms with Crippen molar-refractivity contribution >= 4 is 5.78 Å². The Morgan fingerprint density at radius 2 is 2.08 bits per heavy atom. The van der Waals surface area contributed by atoms with Crippen LogP contribution in [-0.4, -0.2) is 12.3 Å². The van der Waals surface area contributed by atoms with Gasteiger partial charge in [0, 0.05) is 12.0 Å². The molecule has 0 aliphatic heterocycles. The molecular weight excluding hydrogens is 162 g/mol. The Balaban J connectivity index is 2.92. The third-order valence-electron chi connectivity index (χ3n) is 2.07. The van der Waals surface area contributed by atoms with Crippen LogP contribution in [0.2, 0.25) is 0 Å². The molecule has 1 aromatic carbocycles. The lowest BCUT2D eigenvalue weighted by atomic mass is 10.0. The number of nitrogens with two attached hydrogens (primary N) is 1. The van der Waals surface area contributed by atoms with E-state index in [4.69, 9.17) is 5.73 Å². The predicted molar refractivity (Wildman–Crippen MR) is 53.8 cm³/mol. The molecule has 70 valence electrons. The van der Waals surface area contributed by atoms with E-state index in [9.17, 15) is 4.79 Å². The van der Waals surface area contributed by atoms with E-state index in [1.165, 1.54) is 0 Å². The normalized spacial score (nSPS) is 10.0. The van der Waals surface area contributed by atoms with Crippen LogP contribution in [0.1, 0.15) is 29.3 Å². The first-order valence-electron chi connectivity index (χ1n) is 4.60. The number of carbonyl (C=O) groups is 1. The fraction of sp³-hybridized carbons (Fsp3) is 0.364. The van der Waals surface area contributed by atoms with Crippen molar-refractivity contribution in [2.75, 3.05) is 6.54 Å². The summed E-state index contributed by atoms with van der Waals surface area (Å²) < 4.78 is 0. The first-order valence-corrected chi connectivity index (χ1v) is 4.60. The Bertz CT molecular complexity index is 294. The molecule has 0 aliphatic rings. The third kappa shape index (κ3) is 2.39. The molecule has 0 heterocycles. The summed E-state index contributed by atoms with van der Waals surface area (Å²) in [6, 6.07) is 7.71. The van der Waals surface area contributed by atoms with E-state index in [1.54, 1.807) is 0 Å². The van der Waals surface area contributed by atoms with Gasteiger partial charge in [0.1, 0.15) is 0 Å². The van der Waals surface area contributed by atoms with Crippen molar-refractivity contribution in [2.24, 2.45) is 5.73 Å². The summed E-state index contributed by atoms with van der Waals surface area (Å²) in [6.45, 7) is 2.48. The van der Waals surface area contributed by atoms with Crippen LogP contribution in [-0.2, 0) is 6.42 Å². The standard InChI is InChI=1S/C11H15NO/c1-2-9-5-3-4-6-10(9)11(13)7-8-12/h3-6H,2,7-8,12H2,1H3. The molecule has 0 bridgehead atoms. The minimum absolute atomic E-state index is 0.153. The van der Waals surface area contributed by atoms with Gasteiger partial charge in [0.25, 0.3) is 0 Å². The number of Topliss-reactive ketones (excluding diaryl/α,β-unsaturated/α-hetero) is 1. The molecule has 0 unspecified atom stereocenters. The third-order valence-corrected chi connectivity index (χ3v) is 2.07. The highest BCUT2D eigenvalue weighted by Crippen LogP contribution is 2.11. The molecule has 2 heteroatoms. The van der Waals surface area contributed by atoms with E-state index >= 15 is 0 Å².